The monoisotopic (exact) mass is 211 g/mol. The molecule has 0 fully saturated rings. The molecule has 0 aliphatic heterocycles. The van der Waals surface area contributed by atoms with E-state index < -0.39 is 11.4 Å². The first-order valence-electron chi connectivity index (χ1n) is 4.47. The van der Waals surface area contributed by atoms with E-state index >= 15 is 0 Å². The molecule has 15 heavy (non-hydrogen) atoms. The minimum absolute atomic E-state index is 0.0757. The van der Waals surface area contributed by atoms with Crippen molar-refractivity contribution in [2.45, 2.75) is 13.8 Å². The predicted molar refractivity (Wildman–Crippen MR) is 52.5 cm³/mol. The molecule has 1 aromatic heterocycles. The normalized spacial score (nSPS) is 11.1. The summed E-state index contributed by atoms with van der Waals surface area (Å²) in [5, 5.41) is 11.3. The third-order valence-corrected chi connectivity index (χ3v) is 2.05. The van der Waals surface area contributed by atoms with Crippen molar-refractivity contribution in [1.29, 1.82) is 0 Å². The van der Waals surface area contributed by atoms with Crippen LogP contribution in [0, 0.1) is 5.41 Å². The maximum atomic E-state index is 11.4. The molecule has 0 spiro atoms. The van der Waals surface area contributed by atoms with Gasteiger partial charge in [-0.05, 0) is 19.9 Å². The molecule has 0 atom stereocenters. The van der Waals surface area contributed by atoms with Gasteiger partial charge in [-0.1, -0.05) is 0 Å². The number of rotatable bonds is 4. The van der Waals surface area contributed by atoms with E-state index in [1.807, 2.05) is 0 Å². The number of hydrogen-bond acceptors (Lipinski definition) is 3. The molecule has 5 nitrogen and oxygen atoms in total. The van der Waals surface area contributed by atoms with Crippen LogP contribution in [0.3, 0.4) is 0 Å². The second-order valence-electron chi connectivity index (χ2n) is 3.88. The Kier molecular flexibility index (Phi) is 3.14. The van der Waals surface area contributed by atoms with Gasteiger partial charge in [0.25, 0.3) is 5.91 Å². The van der Waals surface area contributed by atoms with Crippen LogP contribution in [0.15, 0.2) is 23.0 Å². The Morgan fingerprint density at radius 2 is 2.20 bits per heavy atom. The smallest absolute Gasteiger partial charge is 0.310 e. The lowest BCUT2D eigenvalue weighted by atomic mass is 9.94. The maximum Gasteiger partial charge on any atom is 0.310 e. The average Bonchev–Trinajstić information content (AvgIpc) is 2.66. The van der Waals surface area contributed by atoms with Gasteiger partial charge < -0.3 is 14.8 Å². The van der Waals surface area contributed by atoms with E-state index in [2.05, 4.69) is 5.32 Å². The third-order valence-electron chi connectivity index (χ3n) is 2.05. The molecule has 1 amide bonds. The molecule has 2 N–H and O–H groups in total. The summed E-state index contributed by atoms with van der Waals surface area (Å²) in [6.45, 7) is 3.17. The van der Waals surface area contributed by atoms with Gasteiger partial charge in [0, 0.05) is 6.54 Å². The first-order valence-corrected chi connectivity index (χ1v) is 4.47. The van der Waals surface area contributed by atoms with E-state index in [-0.39, 0.29) is 12.5 Å². The van der Waals surface area contributed by atoms with Crippen molar-refractivity contribution in [1.82, 2.24) is 5.32 Å². The summed E-state index contributed by atoms with van der Waals surface area (Å²) in [5.41, 5.74) is -0.587. The highest BCUT2D eigenvalue weighted by atomic mass is 16.4. The fourth-order valence-electron chi connectivity index (χ4n) is 0.873. The van der Waals surface area contributed by atoms with E-state index in [4.69, 9.17) is 9.52 Å². The molecule has 1 aromatic rings. The molecule has 0 aromatic carbocycles. The summed E-state index contributed by atoms with van der Waals surface area (Å²) in [7, 11) is 0. The van der Waals surface area contributed by atoms with Gasteiger partial charge in [0.05, 0.1) is 17.2 Å². The Labute approximate surface area is 87.1 Å². The van der Waals surface area contributed by atoms with Crippen LogP contribution in [0.5, 0.6) is 0 Å². The number of carbonyl (C=O) groups is 2. The van der Waals surface area contributed by atoms with Gasteiger partial charge in [-0.15, -0.1) is 0 Å². The minimum atomic E-state index is -0.973. The van der Waals surface area contributed by atoms with Crippen molar-refractivity contribution < 1.29 is 19.1 Å². The first-order chi connectivity index (χ1) is 6.93. The number of carbonyl (C=O) groups excluding carboxylic acids is 1. The second kappa shape index (κ2) is 4.16. The number of carboxylic acids is 1. The maximum absolute atomic E-state index is 11.4. The molecular weight excluding hydrogens is 198 g/mol. The molecular formula is C10H13NO4. The molecule has 5 heteroatoms. The van der Waals surface area contributed by atoms with Gasteiger partial charge in [-0.2, -0.15) is 0 Å². The topological polar surface area (TPSA) is 79.5 Å². The fourth-order valence-corrected chi connectivity index (χ4v) is 0.873. The van der Waals surface area contributed by atoms with Gasteiger partial charge in [-0.3, -0.25) is 9.59 Å². The van der Waals surface area contributed by atoms with Crippen LogP contribution in [0.2, 0.25) is 0 Å². The lowest BCUT2D eigenvalue weighted by Crippen LogP contribution is -2.38. The number of carboxylic acid groups (broad SMARTS) is 1. The number of hydrogen-bond donors (Lipinski definition) is 2. The molecule has 0 radical (unpaired) electrons. The molecule has 82 valence electrons. The molecule has 0 saturated carbocycles. The van der Waals surface area contributed by atoms with Crippen molar-refractivity contribution in [2.24, 2.45) is 5.41 Å². The van der Waals surface area contributed by atoms with E-state index in [1.54, 1.807) is 13.8 Å². The molecule has 0 aliphatic carbocycles. The molecule has 0 saturated heterocycles. The number of nitrogens with one attached hydrogen (secondary N) is 1. The van der Waals surface area contributed by atoms with Gasteiger partial charge in [0.15, 0.2) is 0 Å². The molecule has 0 unspecified atom stereocenters. The highest BCUT2D eigenvalue weighted by Gasteiger charge is 2.27. The average molecular weight is 211 g/mol. The van der Waals surface area contributed by atoms with Crippen LogP contribution in [0.25, 0.3) is 0 Å². The second-order valence-corrected chi connectivity index (χ2v) is 3.88. The van der Waals surface area contributed by atoms with Crippen LogP contribution >= 0.6 is 0 Å². The first kappa shape index (κ1) is 11.3. The number of aliphatic carboxylic acids is 1. The van der Waals surface area contributed by atoms with E-state index in [9.17, 15) is 9.59 Å². The molecule has 1 rings (SSSR count). The summed E-state index contributed by atoms with van der Waals surface area (Å²) in [5.74, 6) is -1.28. The Hall–Kier alpha value is -1.78. The Bertz CT molecular complexity index is 354. The Morgan fingerprint density at radius 3 is 2.67 bits per heavy atom. The van der Waals surface area contributed by atoms with Crippen LogP contribution in [-0.2, 0) is 4.79 Å². The van der Waals surface area contributed by atoms with E-state index in [0.717, 1.165) is 0 Å². The summed E-state index contributed by atoms with van der Waals surface area (Å²) in [4.78, 5) is 22.2. The zero-order valence-corrected chi connectivity index (χ0v) is 8.61. The largest absolute Gasteiger partial charge is 0.481 e. The van der Waals surface area contributed by atoms with Crippen LogP contribution < -0.4 is 5.32 Å². The minimum Gasteiger partial charge on any atom is -0.481 e. The lowest BCUT2D eigenvalue weighted by molar-refractivity contribution is -0.146. The number of amides is 1. The highest BCUT2D eigenvalue weighted by Crippen LogP contribution is 2.13. The molecule has 0 bridgehead atoms. The van der Waals surface area contributed by atoms with E-state index in [1.165, 1.54) is 18.6 Å². The SMILES string of the molecule is CC(C)(CNC(=O)c1ccoc1)C(=O)O. The third kappa shape index (κ3) is 2.83. The summed E-state index contributed by atoms with van der Waals surface area (Å²) < 4.78 is 4.74. The molecule has 0 aliphatic rings. The van der Waals surface area contributed by atoms with E-state index in [0.29, 0.717) is 5.56 Å². The standard InChI is InChI=1S/C10H13NO4/c1-10(2,9(13)14)6-11-8(12)7-3-4-15-5-7/h3-5H,6H2,1-2H3,(H,11,12)(H,13,14). The highest BCUT2D eigenvalue weighted by molar-refractivity contribution is 5.94. The summed E-state index contributed by atoms with van der Waals surface area (Å²) in [6, 6.07) is 1.52. The Balaban J connectivity index is 2.51. The summed E-state index contributed by atoms with van der Waals surface area (Å²) >= 11 is 0. The molecule has 1 heterocycles. The summed E-state index contributed by atoms with van der Waals surface area (Å²) in [6.07, 6.45) is 2.69. The quantitative estimate of drug-likeness (QED) is 0.782. The van der Waals surface area contributed by atoms with Crippen molar-refractivity contribution in [3.05, 3.63) is 24.2 Å². The van der Waals surface area contributed by atoms with Crippen LogP contribution in [-0.4, -0.2) is 23.5 Å². The van der Waals surface area contributed by atoms with Gasteiger partial charge in [-0.25, -0.2) is 0 Å². The van der Waals surface area contributed by atoms with Crippen molar-refractivity contribution in [3.8, 4) is 0 Å². The van der Waals surface area contributed by atoms with Gasteiger partial charge >= 0.3 is 5.97 Å². The van der Waals surface area contributed by atoms with Gasteiger partial charge in [0.2, 0.25) is 0 Å². The van der Waals surface area contributed by atoms with Crippen molar-refractivity contribution in [3.63, 3.8) is 0 Å². The zero-order valence-electron chi connectivity index (χ0n) is 8.61. The van der Waals surface area contributed by atoms with Crippen LogP contribution in [0.4, 0.5) is 0 Å². The predicted octanol–water partition coefficient (Wildman–Crippen LogP) is 1.12. The Morgan fingerprint density at radius 1 is 1.53 bits per heavy atom. The van der Waals surface area contributed by atoms with Gasteiger partial charge in [0.1, 0.15) is 6.26 Å². The fraction of sp³-hybridized carbons (Fsp3) is 0.400. The zero-order chi connectivity index (χ0) is 11.5. The lowest BCUT2D eigenvalue weighted by Gasteiger charge is -2.18. The van der Waals surface area contributed by atoms with Crippen molar-refractivity contribution in [2.75, 3.05) is 6.54 Å². The van der Waals surface area contributed by atoms with Crippen LogP contribution in [0.1, 0.15) is 24.2 Å². The van der Waals surface area contributed by atoms with Crippen molar-refractivity contribution >= 4 is 11.9 Å². The number of furan rings is 1.